The Morgan fingerprint density at radius 2 is 2.15 bits per heavy atom. The van der Waals surface area contributed by atoms with Crippen LogP contribution in [0.5, 0.6) is 0 Å². The molecular weight excluding hydrogens is 350 g/mol. The van der Waals surface area contributed by atoms with Crippen LogP contribution >= 0.6 is 0 Å². The van der Waals surface area contributed by atoms with Crippen LogP contribution < -0.4 is 10.6 Å². The Morgan fingerprint density at radius 1 is 1.48 bits per heavy atom. The summed E-state index contributed by atoms with van der Waals surface area (Å²) in [6.45, 7) is 0.680. The predicted octanol–water partition coefficient (Wildman–Crippen LogP) is 0.592. The maximum Gasteiger partial charge on any atom is 0.290 e. The molecule has 2 aliphatic rings. The van der Waals surface area contributed by atoms with E-state index in [1.54, 1.807) is 13.2 Å². The van der Waals surface area contributed by atoms with Gasteiger partial charge in [0, 0.05) is 20.0 Å². The van der Waals surface area contributed by atoms with Crippen molar-refractivity contribution >= 4 is 18.3 Å². The number of carboxylic acid groups (broad SMARTS) is 1. The zero-order valence-corrected chi connectivity index (χ0v) is 15.4. The van der Waals surface area contributed by atoms with E-state index in [0.717, 1.165) is 37.2 Å². The van der Waals surface area contributed by atoms with E-state index in [-0.39, 0.29) is 24.2 Å². The van der Waals surface area contributed by atoms with Crippen molar-refractivity contribution in [3.8, 4) is 6.07 Å². The zero-order chi connectivity index (χ0) is 19.9. The Bertz CT molecular complexity index is 731. The quantitative estimate of drug-likeness (QED) is 0.659. The normalized spacial score (nSPS) is 19.6. The first-order valence-corrected chi connectivity index (χ1v) is 9.03. The van der Waals surface area contributed by atoms with E-state index in [0.29, 0.717) is 25.9 Å². The van der Waals surface area contributed by atoms with Crippen LogP contribution in [0, 0.1) is 22.7 Å². The third-order valence-corrected chi connectivity index (χ3v) is 5.29. The molecule has 2 amide bonds. The lowest BCUT2D eigenvalue weighted by Gasteiger charge is -2.24. The van der Waals surface area contributed by atoms with E-state index in [1.165, 1.54) is 0 Å². The van der Waals surface area contributed by atoms with Crippen molar-refractivity contribution < 1.29 is 19.5 Å². The van der Waals surface area contributed by atoms with Crippen molar-refractivity contribution in [2.24, 2.45) is 11.3 Å². The van der Waals surface area contributed by atoms with Crippen molar-refractivity contribution in [3.63, 3.8) is 0 Å². The number of hydrogen-bond donors (Lipinski definition) is 3. The van der Waals surface area contributed by atoms with Crippen molar-refractivity contribution in [2.45, 2.75) is 51.6 Å². The first kappa shape index (κ1) is 20.4. The third kappa shape index (κ3) is 4.45. The Hall–Kier alpha value is -2.89. The van der Waals surface area contributed by atoms with Crippen molar-refractivity contribution in [1.29, 1.82) is 5.26 Å². The minimum atomic E-state index is -0.866. The number of aromatic nitrogens is 2. The summed E-state index contributed by atoms with van der Waals surface area (Å²) in [5.74, 6) is 0.747. The molecule has 1 aliphatic heterocycles. The maximum atomic E-state index is 12.5. The number of rotatable bonds is 4. The summed E-state index contributed by atoms with van der Waals surface area (Å²) >= 11 is 0. The van der Waals surface area contributed by atoms with E-state index in [1.807, 2.05) is 4.57 Å². The minimum Gasteiger partial charge on any atom is -0.483 e. The average molecular weight is 375 g/mol. The molecular formula is C18H25N5O4. The second kappa shape index (κ2) is 9.16. The molecule has 1 unspecified atom stereocenters. The molecule has 9 heteroatoms. The predicted molar refractivity (Wildman–Crippen MR) is 95.2 cm³/mol. The number of nitriles is 1. The molecule has 1 atom stereocenters. The molecule has 146 valence electrons. The summed E-state index contributed by atoms with van der Waals surface area (Å²) in [5.41, 5.74) is 0.0214. The van der Waals surface area contributed by atoms with Crippen LogP contribution in [0.1, 0.15) is 43.6 Å². The summed E-state index contributed by atoms with van der Waals surface area (Å²) < 4.78 is 2.03. The molecule has 0 radical (unpaired) electrons. The lowest BCUT2D eigenvalue weighted by molar-refractivity contribution is -0.128. The van der Waals surface area contributed by atoms with E-state index < -0.39 is 5.41 Å². The van der Waals surface area contributed by atoms with Crippen LogP contribution in [-0.2, 0) is 33.9 Å². The summed E-state index contributed by atoms with van der Waals surface area (Å²) in [5, 5.41) is 21.9. The maximum absolute atomic E-state index is 12.5. The molecule has 2 heterocycles. The van der Waals surface area contributed by atoms with Gasteiger partial charge in [-0.3, -0.25) is 14.4 Å². The van der Waals surface area contributed by atoms with Crippen LogP contribution in [0.4, 0.5) is 0 Å². The Labute approximate surface area is 157 Å². The fraction of sp³-hybridized carbons (Fsp3) is 0.611. The number of nitrogens with one attached hydrogen (secondary N) is 2. The number of aryl methyl sites for hydroxylation is 1. The first-order chi connectivity index (χ1) is 13.0. The number of fused-ring (bicyclic) bond motifs is 1. The van der Waals surface area contributed by atoms with Crippen LogP contribution in [0.2, 0.25) is 0 Å². The highest BCUT2D eigenvalue weighted by Gasteiger charge is 2.41. The van der Waals surface area contributed by atoms with Gasteiger partial charge in [-0.25, -0.2) is 4.98 Å². The SMILES string of the molecule is CNC(=O)C1CCc2ncc(CNC(=O)C3(C#N)CCCC3)n2C1.O=CO. The van der Waals surface area contributed by atoms with Gasteiger partial charge in [-0.1, -0.05) is 12.8 Å². The fourth-order valence-electron chi connectivity index (χ4n) is 3.76. The topological polar surface area (TPSA) is 137 Å². The summed E-state index contributed by atoms with van der Waals surface area (Å²) in [4.78, 5) is 37.1. The third-order valence-electron chi connectivity index (χ3n) is 5.29. The second-order valence-corrected chi connectivity index (χ2v) is 6.82. The second-order valence-electron chi connectivity index (χ2n) is 6.82. The van der Waals surface area contributed by atoms with Gasteiger partial charge >= 0.3 is 0 Å². The molecule has 1 aromatic heterocycles. The Kier molecular flexibility index (Phi) is 6.93. The first-order valence-electron chi connectivity index (χ1n) is 9.03. The van der Waals surface area contributed by atoms with Gasteiger partial charge in [0.15, 0.2) is 0 Å². The van der Waals surface area contributed by atoms with Crippen LogP contribution in [0.25, 0.3) is 0 Å². The van der Waals surface area contributed by atoms with Crippen LogP contribution in [-0.4, -0.2) is 40.0 Å². The van der Waals surface area contributed by atoms with E-state index in [9.17, 15) is 14.9 Å². The molecule has 0 aromatic carbocycles. The molecule has 0 bridgehead atoms. The van der Waals surface area contributed by atoms with Crippen molar-refractivity contribution in [1.82, 2.24) is 20.2 Å². The smallest absolute Gasteiger partial charge is 0.290 e. The van der Waals surface area contributed by atoms with Gasteiger partial charge < -0.3 is 20.3 Å². The van der Waals surface area contributed by atoms with Gasteiger partial charge in [0.1, 0.15) is 11.2 Å². The highest BCUT2D eigenvalue weighted by molar-refractivity contribution is 5.85. The lowest BCUT2D eigenvalue weighted by atomic mass is 9.87. The molecule has 1 saturated carbocycles. The standard InChI is InChI=1S/C17H23N5O2.CH2O2/c1-19-15(23)12-4-5-14-20-8-13(22(14)10-12)9-21-16(24)17(11-18)6-2-3-7-17;2-1-3/h8,12H,2-7,9-10H2,1H3,(H,19,23)(H,21,24);1H,(H,2,3). The van der Waals surface area contributed by atoms with Crippen molar-refractivity contribution in [3.05, 3.63) is 17.7 Å². The number of carbonyl (C=O) groups is 3. The summed E-state index contributed by atoms with van der Waals surface area (Å²) in [7, 11) is 1.65. The summed E-state index contributed by atoms with van der Waals surface area (Å²) in [6, 6.07) is 2.21. The average Bonchev–Trinajstić information content (AvgIpc) is 3.33. The summed E-state index contributed by atoms with van der Waals surface area (Å²) in [6.07, 6.45) is 6.44. The van der Waals surface area contributed by atoms with Gasteiger partial charge in [0.2, 0.25) is 11.8 Å². The molecule has 3 rings (SSSR count). The zero-order valence-electron chi connectivity index (χ0n) is 15.4. The molecule has 3 N–H and O–H groups in total. The highest BCUT2D eigenvalue weighted by atomic mass is 16.3. The molecule has 1 aliphatic carbocycles. The Morgan fingerprint density at radius 3 is 2.74 bits per heavy atom. The van der Waals surface area contributed by atoms with Gasteiger partial charge in [0.05, 0.1) is 30.4 Å². The lowest BCUT2D eigenvalue weighted by Crippen LogP contribution is -2.39. The largest absolute Gasteiger partial charge is 0.483 e. The molecule has 0 spiro atoms. The van der Waals surface area contributed by atoms with E-state index in [2.05, 4.69) is 21.7 Å². The number of amides is 2. The molecule has 9 nitrogen and oxygen atoms in total. The highest BCUT2D eigenvalue weighted by Crippen LogP contribution is 2.37. The van der Waals surface area contributed by atoms with Gasteiger partial charge in [-0.05, 0) is 19.3 Å². The monoisotopic (exact) mass is 375 g/mol. The number of imidazole rings is 1. The van der Waals surface area contributed by atoms with Crippen LogP contribution in [0.3, 0.4) is 0 Å². The van der Waals surface area contributed by atoms with E-state index in [4.69, 9.17) is 9.90 Å². The van der Waals surface area contributed by atoms with Gasteiger partial charge in [0.25, 0.3) is 6.47 Å². The van der Waals surface area contributed by atoms with Crippen LogP contribution in [0.15, 0.2) is 6.20 Å². The number of hydrogen-bond acceptors (Lipinski definition) is 5. The van der Waals surface area contributed by atoms with Gasteiger partial charge in [-0.15, -0.1) is 0 Å². The number of carbonyl (C=O) groups excluding carboxylic acids is 2. The number of nitrogens with zero attached hydrogens (tertiary/aromatic N) is 3. The van der Waals surface area contributed by atoms with Gasteiger partial charge in [-0.2, -0.15) is 5.26 Å². The molecule has 1 aromatic rings. The minimum absolute atomic E-state index is 0.0405. The van der Waals surface area contributed by atoms with Crippen molar-refractivity contribution in [2.75, 3.05) is 7.05 Å². The molecule has 27 heavy (non-hydrogen) atoms. The fourth-order valence-corrected chi connectivity index (χ4v) is 3.76. The van der Waals surface area contributed by atoms with E-state index >= 15 is 0 Å². The Balaban J connectivity index is 0.000000817. The molecule has 1 fully saturated rings. The molecule has 0 saturated heterocycles.